The number of aliphatic carboxylic acids is 1. The van der Waals surface area contributed by atoms with Crippen LogP contribution in [0.3, 0.4) is 0 Å². The highest BCUT2D eigenvalue weighted by Crippen LogP contribution is 2.31. The second-order valence-corrected chi connectivity index (χ2v) is 3.99. The number of methoxy groups -OCH3 is 1. The van der Waals surface area contributed by atoms with Crippen LogP contribution in [-0.4, -0.2) is 23.3 Å². The van der Waals surface area contributed by atoms with E-state index in [-0.39, 0.29) is 18.7 Å². The molecular weight excluding hydrogens is 248 g/mol. The van der Waals surface area contributed by atoms with Gasteiger partial charge in [-0.2, -0.15) is 0 Å². The Balaban J connectivity index is 2.31. The third-order valence-corrected chi connectivity index (χ3v) is 2.74. The second kappa shape index (κ2) is 5.43. The lowest BCUT2D eigenvalue weighted by molar-refractivity contribution is -0.136. The maximum atomic E-state index is 10.6. The number of rotatable bonds is 5. The molecule has 0 aliphatic rings. The Bertz CT molecular complexity index is 575. The van der Waals surface area contributed by atoms with Crippen LogP contribution in [0.5, 0.6) is 5.75 Å². The van der Waals surface area contributed by atoms with Crippen LogP contribution in [0.2, 0.25) is 0 Å². The van der Waals surface area contributed by atoms with Crippen LogP contribution in [0.25, 0.3) is 11.1 Å². The second-order valence-electron chi connectivity index (χ2n) is 3.99. The average molecular weight is 262 g/mol. The Labute approximate surface area is 109 Å². The van der Waals surface area contributed by atoms with Crippen molar-refractivity contribution in [3.63, 3.8) is 0 Å². The van der Waals surface area contributed by atoms with E-state index < -0.39 is 5.97 Å². The standard InChI is InChI=1S/C13H14N2O4/c1-18-9-4-2-8(3-5-9)12-10(6-7-11(16)17)15-19-13(12)14/h2-5H,6-7,14H2,1H3,(H,16,17). The molecule has 0 aliphatic heterocycles. The molecule has 0 saturated heterocycles. The van der Waals surface area contributed by atoms with Gasteiger partial charge in [-0.3, -0.25) is 4.79 Å². The molecule has 1 aromatic carbocycles. The Hall–Kier alpha value is -2.50. The monoisotopic (exact) mass is 262 g/mol. The van der Waals surface area contributed by atoms with Gasteiger partial charge in [0.2, 0.25) is 5.88 Å². The summed E-state index contributed by atoms with van der Waals surface area (Å²) in [5, 5.41) is 12.5. The molecule has 1 heterocycles. The minimum Gasteiger partial charge on any atom is -0.497 e. The first-order chi connectivity index (χ1) is 9.11. The van der Waals surface area contributed by atoms with E-state index in [1.54, 1.807) is 19.2 Å². The van der Waals surface area contributed by atoms with Crippen molar-refractivity contribution in [1.29, 1.82) is 0 Å². The number of aromatic nitrogens is 1. The molecule has 1 aromatic heterocycles. The Morgan fingerprint density at radius 3 is 2.68 bits per heavy atom. The molecule has 19 heavy (non-hydrogen) atoms. The van der Waals surface area contributed by atoms with Crippen LogP contribution in [0.4, 0.5) is 5.88 Å². The molecule has 0 fully saturated rings. The summed E-state index contributed by atoms with van der Waals surface area (Å²) in [6.07, 6.45) is 0.256. The topological polar surface area (TPSA) is 98.6 Å². The quantitative estimate of drug-likeness (QED) is 0.854. The molecule has 0 aliphatic carbocycles. The predicted molar refractivity (Wildman–Crippen MR) is 68.9 cm³/mol. The van der Waals surface area contributed by atoms with Gasteiger partial charge in [-0.25, -0.2) is 0 Å². The number of ether oxygens (including phenoxy) is 1. The maximum Gasteiger partial charge on any atom is 0.303 e. The molecule has 0 bridgehead atoms. The summed E-state index contributed by atoms with van der Waals surface area (Å²) >= 11 is 0. The highest BCUT2D eigenvalue weighted by atomic mass is 16.5. The van der Waals surface area contributed by atoms with E-state index >= 15 is 0 Å². The molecule has 2 aromatic rings. The van der Waals surface area contributed by atoms with Crippen LogP contribution in [0.15, 0.2) is 28.8 Å². The van der Waals surface area contributed by atoms with Crippen molar-refractivity contribution in [1.82, 2.24) is 5.16 Å². The number of nitrogens with zero attached hydrogens (tertiary/aromatic N) is 1. The molecule has 2 rings (SSSR count). The minimum absolute atomic E-state index is 0.0187. The van der Waals surface area contributed by atoms with Crippen LogP contribution in [0, 0.1) is 0 Å². The Morgan fingerprint density at radius 1 is 1.42 bits per heavy atom. The first kappa shape index (κ1) is 12.9. The first-order valence-electron chi connectivity index (χ1n) is 5.72. The Kier molecular flexibility index (Phi) is 3.70. The molecule has 0 unspecified atom stereocenters. The fourth-order valence-corrected chi connectivity index (χ4v) is 1.80. The third kappa shape index (κ3) is 2.85. The van der Waals surface area contributed by atoms with Gasteiger partial charge in [0.15, 0.2) is 0 Å². The van der Waals surface area contributed by atoms with Crippen molar-refractivity contribution in [2.24, 2.45) is 0 Å². The summed E-state index contributed by atoms with van der Waals surface area (Å²) < 4.78 is 10.0. The van der Waals surface area contributed by atoms with Gasteiger partial charge in [0.25, 0.3) is 0 Å². The van der Waals surface area contributed by atoms with Crippen molar-refractivity contribution < 1.29 is 19.2 Å². The zero-order valence-corrected chi connectivity index (χ0v) is 10.4. The van der Waals surface area contributed by atoms with E-state index in [4.69, 9.17) is 20.1 Å². The largest absolute Gasteiger partial charge is 0.497 e. The SMILES string of the molecule is COc1ccc(-c2c(CCC(=O)O)noc2N)cc1. The summed E-state index contributed by atoms with van der Waals surface area (Å²) in [5.41, 5.74) is 7.75. The summed E-state index contributed by atoms with van der Waals surface area (Å²) in [4.78, 5) is 10.6. The van der Waals surface area contributed by atoms with Crippen LogP contribution < -0.4 is 10.5 Å². The van der Waals surface area contributed by atoms with Gasteiger partial charge in [-0.1, -0.05) is 17.3 Å². The van der Waals surface area contributed by atoms with Gasteiger partial charge in [0.1, 0.15) is 5.75 Å². The lowest BCUT2D eigenvalue weighted by Crippen LogP contribution is -1.99. The highest BCUT2D eigenvalue weighted by molar-refractivity contribution is 5.76. The fraction of sp³-hybridized carbons (Fsp3) is 0.231. The number of hydrogen-bond donors (Lipinski definition) is 2. The van der Waals surface area contributed by atoms with E-state index in [1.165, 1.54) is 0 Å². The molecule has 3 N–H and O–H groups in total. The molecule has 6 nitrogen and oxygen atoms in total. The van der Waals surface area contributed by atoms with Crippen molar-refractivity contribution in [2.75, 3.05) is 12.8 Å². The zero-order chi connectivity index (χ0) is 13.8. The number of carboxylic acids is 1. The summed E-state index contributed by atoms with van der Waals surface area (Å²) in [6.45, 7) is 0. The van der Waals surface area contributed by atoms with E-state index in [0.717, 1.165) is 11.3 Å². The van der Waals surface area contributed by atoms with Crippen molar-refractivity contribution >= 4 is 11.9 Å². The number of carbonyl (C=O) groups is 1. The predicted octanol–water partition coefficient (Wildman–Crippen LogP) is 1.95. The molecule has 0 amide bonds. The van der Waals surface area contributed by atoms with Crippen LogP contribution >= 0.6 is 0 Å². The number of carboxylic acid groups (broad SMARTS) is 1. The third-order valence-electron chi connectivity index (χ3n) is 2.74. The van der Waals surface area contributed by atoms with Gasteiger partial charge in [-0.15, -0.1) is 0 Å². The van der Waals surface area contributed by atoms with Crippen molar-refractivity contribution in [3.05, 3.63) is 30.0 Å². The lowest BCUT2D eigenvalue weighted by Gasteiger charge is -2.03. The van der Waals surface area contributed by atoms with E-state index in [9.17, 15) is 4.79 Å². The average Bonchev–Trinajstić information content (AvgIpc) is 2.78. The van der Waals surface area contributed by atoms with E-state index in [1.807, 2.05) is 12.1 Å². The molecule has 0 atom stereocenters. The van der Waals surface area contributed by atoms with Gasteiger partial charge in [-0.05, 0) is 17.7 Å². The highest BCUT2D eigenvalue weighted by Gasteiger charge is 2.16. The number of nitrogen functional groups attached to an aromatic ring is 1. The van der Waals surface area contributed by atoms with Gasteiger partial charge in [0, 0.05) is 6.42 Å². The fourth-order valence-electron chi connectivity index (χ4n) is 1.80. The Morgan fingerprint density at radius 2 is 2.11 bits per heavy atom. The van der Waals surface area contributed by atoms with Crippen molar-refractivity contribution in [3.8, 4) is 16.9 Å². The van der Waals surface area contributed by atoms with Gasteiger partial charge >= 0.3 is 5.97 Å². The summed E-state index contributed by atoms with van der Waals surface area (Å²) in [5.74, 6) is 0.0265. The number of nitrogens with two attached hydrogens (primary N) is 1. The normalized spacial score (nSPS) is 10.4. The number of benzene rings is 1. The molecule has 6 heteroatoms. The maximum absolute atomic E-state index is 10.6. The number of anilines is 1. The molecular formula is C13H14N2O4. The number of hydrogen-bond acceptors (Lipinski definition) is 5. The molecule has 0 saturated carbocycles. The molecule has 0 spiro atoms. The zero-order valence-electron chi connectivity index (χ0n) is 10.4. The van der Waals surface area contributed by atoms with E-state index in [0.29, 0.717) is 11.3 Å². The molecule has 0 radical (unpaired) electrons. The number of aryl methyl sites for hydroxylation is 1. The summed E-state index contributed by atoms with van der Waals surface area (Å²) in [7, 11) is 1.58. The van der Waals surface area contributed by atoms with E-state index in [2.05, 4.69) is 5.16 Å². The van der Waals surface area contributed by atoms with Gasteiger partial charge in [0.05, 0.1) is 24.8 Å². The van der Waals surface area contributed by atoms with Crippen LogP contribution in [-0.2, 0) is 11.2 Å². The van der Waals surface area contributed by atoms with Gasteiger partial charge < -0.3 is 20.1 Å². The minimum atomic E-state index is -0.887. The van der Waals surface area contributed by atoms with Crippen LogP contribution in [0.1, 0.15) is 12.1 Å². The summed E-state index contributed by atoms with van der Waals surface area (Å²) in [6, 6.07) is 7.24. The smallest absolute Gasteiger partial charge is 0.303 e. The van der Waals surface area contributed by atoms with Crippen molar-refractivity contribution in [2.45, 2.75) is 12.8 Å². The first-order valence-corrected chi connectivity index (χ1v) is 5.72. The molecule has 100 valence electrons. The lowest BCUT2D eigenvalue weighted by atomic mass is 10.0.